The molecule has 0 amide bonds. The molecular formula is C20H26O4. The zero-order chi connectivity index (χ0) is 18.0. The Hall–Kier alpha value is -2.13. The van der Waals surface area contributed by atoms with E-state index in [0.29, 0.717) is 12.2 Å². The van der Waals surface area contributed by atoms with Gasteiger partial charge in [-0.2, -0.15) is 0 Å². The van der Waals surface area contributed by atoms with E-state index in [9.17, 15) is 9.90 Å². The fourth-order valence-corrected chi connectivity index (χ4v) is 1.93. The lowest BCUT2D eigenvalue weighted by molar-refractivity contribution is -0.137. The van der Waals surface area contributed by atoms with Gasteiger partial charge in [0.15, 0.2) is 0 Å². The molecule has 4 nitrogen and oxygen atoms in total. The number of esters is 1. The highest BCUT2D eigenvalue weighted by Crippen LogP contribution is 2.25. The van der Waals surface area contributed by atoms with Gasteiger partial charge < -0.3 is 14.6 Å². The van der Waals surface area contributed by atoms with E-state index in [0.717, 1.165) is 5.56 Å². The predicted molar refractivity (Wildman–Crippen MR) is 94.3 cm³/mol. The standard InChI is InChI=1S/C20H26O4/c1-20(2,3)18(19(22)23-4)13-9-8-12-17(21)15-24-14-16-10-6-5-7-11-16/h5-12,17,21H,14-15H2,1-4H3/b12-8+/t13?,17-/m1/s1. The van der Waals surface area contributed by atoms with Gasteiger partial charge in [-0.15, -0.1) is 5.73 Å². The minimum Gasteiger partial charge on any atom is -0.465 e. The third-order valence-corrected chi connectivity index (χ3v) is 3.20. The number of hydrogen-bond acceptors (Lipinski definition) is 4. The van der Waals surface area contributed by atoms with Gasteiger partial charge in [0.1, 0.15) is 0 Å². The molecule has 0 saturated carbocycles. The van der Waals surface area contributed by atoms with Crippen LogP contribution in [0, 0.1) is 5.41 Å². The van der Waals surface area contributed by atoms with Crippen LogP contribution < -0.4 is 0 Å². The normalized spacial score (nSPS) is 12.5. The molecule has 1 N–H and O–H groups in total. The van der Waals surface area contributed by atoms with Gasteiger partial charge in [-0.25, -0.2) is 4.79 Å². The van der Waals surface area contributed by atoms with E-state index >= 15 is 0 Å². The number of hydrogen-bond donors (Lipinski definition) is 1. The topological polar surface area (TPSA) is 55.8 Å². The number of aliphatic hydroxyl groups is 1. The Morgan fingerprint density at radius 2 is 1.96 bits per heavy atom. The first-order valence-corrected chi connectivity index (χ1v) is 7.86. The first kappa shape index (κ1) is 19.9. The molecule has 0 aliphatic heterocycles. The summed E-state index contributed by atoms with van der Waals surface area (Å²) in [6, 6.07) is 9.77. The lowest BCUT2D eigenvalue weighted by Gasteiger charge is -2.18. The van der Waals surface area contributed by atoms with Gasteiger partial charge in [0, 0.05) is 5.41 Å². The van der Waals surface area contributed by atoms with Crippen LogP contribution >= 0.6 is 0 Å². The van der Waals surface area contributed by atoms with Crippen molar-refractivity contribution in [1.29, 1.82) is 0 Å². The molecule has 0 fully saturated rings. The van der Waals surface area contributed by atoms with E-state index in [1.54, 1.807) is 18.2 Å². The summed E-state index contributed by atoms with van der Waals surface area (Å²) < 4.78 is 10.2. The number of carbonyl (C=O) groups is 1. The van der Waals surface area contributed by atoms with Crippen molar-refractivity contribution in [1.82, 2.24) is 0 Å². The number of methoxy groups -OCH3 is 1. The van der Waals surface area contributed by atoms with Crippen LogP contribution in [0.5, 0.6) is 0 Å². The van der Waals surface area contributed by atoms with E-state index in [1.165, 1.54) is 7.11 Å². The van der Waals surface area contributed by atoms with Crippen molar-refractivity contribution in [2.45, 2.75) is 33.5 Å². The van der Waals surface area contributed by atoms with Crippen LogP contribution in [0.25, 0.3) is 0 Å². The summed E-state index contributed by atoms with van der Waals surface area (Å²) in [6.07, 6.45) is 4.11. The maximum atomic E-state index is 11.7. The van der Waals surface area contributed by atoms with Crippen molar-refractivity contribution in [2.24, 2.45) is 5.41 Å². The van der Waals surface area contributed by atoms with Crippen LogP contribution in [0.2, 0.25) is 0 Å². The minimum absolute atomic E-state index is 0.200. The number of carbonyl (C=O) groups excluding carboxylic acids is 1. The molecule has 24 heavy (non-hydrogen) atoms. The third-order valence-electron chi connectivity index (χ3n) is 3.20. The van der Waals surface area contributed by atoms with Gasteiger partial charge >= 0.3 is 5.97 Å². The third kappa shape index (κ3) is 7.42. The number of benzene rings is 1. The first-order valence-electron chi connectivity index (χ1n) is 7.86. The quantitative estimate of drug-likeness (QED) is 0.360. The minimum atomic E-state index is -0.719. The van der Waals surface area contributed by atoms with Gasteiger partial charge in [-0.1, -0.05) is 63.3 Å². The van der Waals surface area contributed by atoms with Gasteiger partial charge in [0.05, 0.1) is 32.0 Å². The first-order chi connectivity index (χ1) is 11.3. The predicted octanol–water partition coefficient (Wildman–Crippen LogP) is 3.42. The summed E-state index contributed by atoms with van der Waals surface area (Å²) in [5.41, 5.74) is 4.07. The van der Waals surface area contributed by atoms with Crippen molar-refractivity contribution >= 4 is 5.97 Å². The highest BCUT2D eigenvalue weighted by atomic mass is 16.5. The Labute approximate surface area is 144 Å². The maximum absolute atomic E-state index is 11.7. The van der Waals surface area contributed by atoms with E-state index in [-0.39, 0.29) is 12.0 Å². The average molecular weight is 330 g/mol. The van der Waals surface area contributed by atoms with Crippen LogP contribution in [0.3, 0.4) is 0 Å². The second kappa shape index (κ2) is 9.89. The Bertz CT molecular complexity index is 602. The van der Waals surface area contributed by atoms with Gasteiger partial charge in [-0.05, 0) is 11.6 Å². The molecule has 0 aliphatic carbocycles. The van der Waals surface area contributed by atoms with Gasteiger partial charge in [-0.3, -0.25) is 0 Å². The lowest BCUT2D eigenvalue weighted by Crippen LogP contribution is -2.18. The van der Waals surface area contributed by atoms with E-state index in [4.69, 9.17) is 9.47 Å². The highest BCUT2D eigenvalue weighted by molar-refractivity contribution is 5.89. The average Bonchev–Trinajstić information content (AvgIpc) is 2.54. The monoisotopic (exact) mass is 330 g/mol. The molecule has 0 aromatic heterocycles. The lowest BCUT2D eigenvalue weighted by atomic mass is 9.87. The molecule has 0 bridgehead atoms. The van der Waals surface area contributed by atoms with Crippen LogP contribution in [-0.2, 0) is 20.9 Å². The molecular weight excluding hydrogens is 304 g/mol. The molecule has 1 aromatic rings. The van der Waals surface area contributed by atoms with E-state index in [1.807, 2.05) is 51.1 Å². The second-order valence-corrected chi connectivity index (χ2v) is 6.38. The van der Waals surface area contributed by atoms with E-state index < -0.39 is 12.1 Å². The van der Waals surface area contributed by atoms with Crippen LogP contribution in [0.4, 0.5) is 0 Å². The summed E-state index contributed by atoms with van der Waals surface area (Å²) in [4.78, 5) is 11.7. The largest absolute Gasteiger partial charge is 0.465 e. The molecule has 1 rings (SSSR count). The van der Waals surface area contributed by atoms with Gasteiger partial charge in [0.25, 0.3) is 0 Å². The fourth-order valence-electron chi connectivity index (χ4n) is 1.93. The molecule has 0 unspecified atom stereocenters. The second-order valence-electron chi connectivity index (χ2n) is 6.38. The number of ether oxygens (including phenoxy) is 2. The number of aliphatic hydroxyl groups excluding tert-OH is 1. The number of allylic oxidation sites excluding steroid dienone is 1. The molecule has 0 spiro atoms. The zero-order valence-corrected chi connectivity index (χ0v) is 14.8. The molecule has 130 valence electrons. The Balaban J connectivity index is 2.54. The summed E-state index contributed by atoms with van der Waals surface area (Å²) in [5.74, 6) is -0.404. The molecule has 1 atom stereocenters. The van der Waals surface area contributed by atoms with Crippen molar-refractivity contribution in [3.63, 3.8) is 0 Å². The summed E-state index contributed by atoms with van der Waals surface area (Å²) >= 11 is 0. The Kier molecular flexibility index (Phi) is 8.20. The molecule has 4 heteroatoms. The zero-order valence-electron chi connectivity index (χ0n) is 14.8. The highest BCUT2D eigenvalue weighted by Gasteiger charge is 2.24. The van der Waals surface area contributed by atoms with Crippen molar-refractivity contribution in [3.8, 4) is 0 Å². The SMILES string of the molecule is COC(=O)C(=C=C/C=C/[C@@H](O)COCc1ccccc1)C(C)(C)C. The molecule has 0 saturated heterocycles. The smallest absolute Gasteiger partial charge is 0.342 e. The summed E-state index contributed by atoms with van der Waals surface area (Å²) in [6.45, 7) is 6.40. The van der Waals surface area contributed by atoms with Crippen molar-refractivity contribution in [2.75, 3.05) is 13.7 Å². The van der Waals surface area contributed by atoms with Gasteiger partial charge in [0.2, 0.25) is 0 Å². The fraction of sp³-hybridized carbons (Fsp3) is 0.400. The van der Waals surface area contributed by atoms with Crippen LogP contribution in [0.15, 0.2) is 59.9 Å². The molecule has 0 radical (unpaired) electrons. The molecule has 0 aliphatic rings. The summed E-state index contributed by atoms with van der Waals surface area (Å²) in [7, 11) is 1.35. The van der Waals surface area contributed by atoms with Crippen LogP contribution in [0.1, 0.15) is 26.3 Å². The molecule has 1 aromatic carbocycles. The summed E-state index contributed by atoms with van der Waals surface area (Å²) in [5, 5.41) is 9.85. The van der Waals surface area contributed by atoms with Crippen LogP contribution in [-0.4, -0.2) is 30.9 Å². The van der Waals surface area contributed by atoms with E-state index in [2.05, 4.69) is 5.73 Å². The van der Waals surface area contributed by atoms with Crippen molar-refractivity contribution in [3.05, 3.63) is 65.4 Å². The molecule has 0 heterocycles. The van der Waals surface area contributed by atoms with Crippen molar-refractivity contribution < 1.29 is 19.4 Å². The maximum Gasteiger partial charge on any atom is 0.342 e. The number of rotatable bonds is 7. The Morgan fingerprint density at radius 1 is 1.29 bits per heavy atom. The Morgan fingerprint density at radius 3 is 2.54 bits per heavy atom.